The molecule has 0 aromatic heterocycles. The quantitative estimate of drug-likeness (QED) is 0.852. The van der Waals surface area contributed by atoms with Crippen molar-refractivity contribution in [1.29, 1.82) is 0 Å². The van der Waals surface area contributed by atoms with Crippen molar-refractivity contribution in [2.45, 2.75) is 13.0 Å². The summed E-state index contributed by atoms with van der Waals surface area (Å²) < 4.78 is 13.4. The molecule has 4 heteroatoms. The fraction of sp³-hybridized carbons (Fsp3) is 0.200. The van der Waals surface area contributed by atoms with Gasteiger partial charge in [0.05, 0.1) is 6.04 Å². The van der Waals surface area contributed by atoms with E-state index in [4.69, 9.17) is 23.2 Å². The van der Waals surface area contributed by atoms with Gasteiger partial charge in [0.15, 0.2) is 0 Å². The second kappa shape index (κ2) is 6.38. The second-order valence-corrected chi connectivity index (χ2v) is 5.05. The minimum absolute atomic E-state index is 0.148. The first-order valence-corrected chi connectivity index (χ1v) is 6.81. The molecule has 0 spiro atoms. The molecular weight excluding hydrogens is 284 g/mol. The molecule has 1 atom stereocenters. The van der Waals surface area contributed by atoms with Crippen LogP contribution in [-0.2, 0) is 0 Å². The summed E-state index contributed by atoms with van der Waals surface area (Å²) in [4.78, 5) is 0. The summed E-state index contributed by atoms with van der Waals surface area (Å²) in [7, 11) is 0. The summed E-state index contributed by atoms with van der Waals surface area (Å²) in [5, 5.41) is 4.52. The van der Waals surface area contributed by atoms with E-state index in [-0.39, 0.29) is 11.9 Å². The van der Waals surface area contributed by atoms with E-state index in [9.17, 15) is 4.39 Å². The van der Waals surface area contributed by atoms with Gasteiger partial charge in [-0.2, -0.15) is 0 Å². The third-order valence-corrected chi connectivity index (χ3v) is 3.48. The predicted octanol–water partition coefficient (Wildman–Crippen LogP) is 4.83. The minimum Gasteiger partial charge on any atom is -0.306 e. The topological polar surface area (TPSA) is 12.0 Å². The molecule has 19 heavy (non-hydrogen) atoms. The Balaban J connectivity index is 2.44. The van der Waals surface area contributed by atoms with Crippen LogP contribution in [0.4, 0.5) is 4.39 Å². The summed E-state index contributed by atoms with van der Waals surface area (Å²) in [5.41, 5.74) is 1.73. The lowest BCUT2D eigenvalue weighted by molar-refractivity contribution is 0.603. The molecule has 2 aromatic rings. The molecule has 1 N–H and O–H groups in total. The predicted molar refractivity (Wildman–Crippen MR) is 78.4 cm³/mol. The maximum atomic E-state index is 13.4. The van der Waals surface area contributed by atoms with E-state index in [1.165, 1.54) is 12.1 Å². The molecule has 2 rings (SSSR count). The van der Waals surface area contributed by atoms with Crippen molar-refractivity contribution >= 4 is 23.2 Å². The molecule has 0 radical (unpaired) electrons. The van der Waals surface area contributed by atoms with Crippen LogP contribution < -0.4 is 5.32 Å². The highest BCUT2D eigenvalue weighted by atomic mass is 35.5. The van der Waals surface area contributed by atoms with Crippen LogP contribution in [0.25, 0.3) is 0 Å². The zero-order valence-electron chi connectivity index (χ0n) is 10.5. The zero-order valence-corrected chi connectivity index (χ0v) is 12.0. The first-order chi connectivity index (χ1) is 9.11. The van der Waals surface area contributed by atoms with Crippen molar-refractivity contribution in [3.8, 4) is 0 Å². The third-order valence-electron chi connectivity index (χ3n) is 2.88. The minimum atomic E-state index is -0.295. The average Bonchev–Trinajstić information content (AvgIpc) is 2.40. The Kier molecular flexibility index (Phi) is 4.81. The number of benzene rings is 2. The first-order valence-electron chi connectivity index (χ1n) is 6.05. The van der Waals surface area contributed by atoms with Crippen LogP contribution in [0.15, 0.2) is 42.5 Å². The van der Waals surface area contributed by atoms with Gasteiger partial charge in [-0.1, -0.05) is 42.3 Å². The van der Waals surface area contributed by atoms with Crippen LogP contribution in [0.1, 0.15) is 24.1 Å². The lowest BCUT2D eigenvalue weighted by Crippen LogP contribution is -2.22. The molecule has 0 aliphatic heterocycles. The highest BCUT2D eigenvalue weighted by Gasteiger charge is 2.16. The van der Waals surface area contributed by atoms with Crippen molar-refractivity contribution in [3.05, 3.63) is 69.5 Å². The van der Waals surface area contributed by atoms with Crippen molar-refractivity contribution in [1.82, 2.24) is 5.32 Å². The molecule has 0 aliphatic carbocycles. The van der Waals surface area contributed by atoms with E-state index in [2.05, 4.69) is 5.32 Å². The Labute approximate surface area is 122 Å². The maximum absolute atomic E-state index is 13.4. The molecule has 0 bridgehead atoms. The Morgan fingerprint density at radius 3 is 2.42 bits per heavy atom. The fourth-order valence-electron chi connectivity index (χ4n) is 2.00. The van der Waals surface area contributed by atoms with Crippen LogP contribution >= 0.6 is 23.2 Å². The fourth-order valence-corrected chi connectivity index (χ4v) is 2.36. The summed E-state index contributed by atoms with van der Waals surface area (Å²) in [6.07, 6.45) is 0. The lowest BCUT2D eigenvalue weighted by atomic mass is 9.98. The van der Waals surface area contributed by atoms with Gasteiger partial charge < -0.3 is 5.32 Å². The number of nitrogens with one attached hydrogen (secondary N) is 1. The van der Waals surface area contributed by atoms with Crippen molar-refractivity contribution in [3.63, 3.8) is 0 Å². The van der Waals surface area contributed by atoms with Crippen LogP contribution in [0, 0.1) is 5.82 Å². The summed E-state index contributed by atoms with van der Waals surface area (Å²) >= 11 is 12.1. The molecule has 0 fully saturated rings. The Hall–Kier alpha value is -1.09. The summed E-state index contributed by atoms with van der Waals surface area (Å²) in [6.45, 7) is 2.75. The molecule has 0 aliphatic rings. The molecule has 0 saturated heterocycles. The van der Waals surface area contributed by atoms with Gasteiger partial charge in [-0.25, -0.2) is 4.39 Å². The first kappa shape index (κ1) is 14.3. The van der Waals surface area contributed by atoms with Gasteiger partial charge in [0, 0.05) is 10.0 Å². The molecule has 1 nitrogen and oxygen atoms in total. The van der Waals surface area contributed by atoms with Crippen molar-refractivity contribution < 1.29 is 4.39 Å². The highest BCUT2D eigenvalue weighted by Crippen LogP contribution is 2.29. The molecular formula is C15H14Cl2FN. The molecule has 0 amide bonds. The van der Waals surface area contributed by atoms with Gasteiger partial charge >= 0.3 is 0 Å². The van der Waals surface area contributed by atoms with Gasteiger partial charge in [-0.05, 0) is 48.0 Å². The van der Waals surface area contributed by atoms with E-state index in [0.29, 0.717) is 10.0 Å². The van der Waals surface area contributed by atoms with Gasteiger partial charge in [0.2, 0.25) is 0 Å². The van der Waals surface area contributed by atoms with Crippen LogP contribution in [-0.4, -0.2) is 6.54 Å². The molecule has 0 heterocycles. The Bertz CT molecular complexity index is 555. The third kappa shape index (κ3) is 3.47. The molecule has 2 aromatic carbocycles. The summed E-state index contributed by atoms with van der Waals surface area (Å²) in [5.74, 6) is -0.295. The van der Waals surface area contributed by atoms with E-state index >= 15 is 0 Å². The normalized spacial score (nSPS) is 12.4. The van der Waals surface area contributed by atoms with Crippen molar-refractivity contribution in [2.75, 3.05) is 6.54 Å². The smallest absolute Gasteiger partial charge is 0.123 e. The van der Waals surface area contributed by atoms with Crippen LogP contribution in [0.2, 0.25) is 10.0 Å². The molecule has 0 saturated carbocycles. The monoisotopic (exact) mass is 297 g/mol. The molecule has 1 unspecified atom stereocenters. The Morgan fingerprint density at radius 2 is 1.79 bits per heavy atom. The van der Waals surface area contributed by atoms with E-state index < -0.39 is 0 Å². The van der Waals surface area contributed by atoms with Crippen molar-refractivity contribution in [2.24, 2.45) is 0 Å². The van der Waals surface area contributed by atoms with Crippen LogP contribution in [0.5, 0.6) is 0 Å². The highest BCUT2D eigenvalue weighted by molar-refractivity contribution is 6.31. The van der Waals surface area contributed by atoms with Gasteiger partial charge in [-0.3, -0.25) is 0 Å². The average molecular weight is 298 g/mol. The SMILES string of the molecule is CCNC(c1ccc(Cl)cc1)c1cc(F)ccc1Cl. The second-order valence-electron chi connectivity index (χ2n) is 4.21. The van der Waals surface area contributed by atoms with E-state index in [0.717, 1.165) is 17.7 Å². The van der Waals surface area contributed by atoms with E-state index in [1.54, 1.807) is 6.07 Å². The Morgan fingerprint density at radius 1 is 1.11 bits per heavy atom. The lowest BCUT2D eigenvalue weighted by Gasteiger charge is -2.20. The number of hydrogen-bond acceptors (Lipinski definition) is 1. The maximum Gasteiger partial charge on any atom is 0.123 e. The van der Waals surface area contributed by atoms with Gasteiger partial charge in [-0.15, -0.1) is 0 Å². The summed E-state index contributed by atoms with van der Waals surface area (Å²) in [6, 6.07) is 11.7. The molecule has 100 valence electrons. The van der Waals surface area contributed by atoms with Gasteiger partial charge in [0.25, 0.3) is 0 Å². The number of rotatable bonds is 4. The van der Waals surface area contributed by atoms with E-state index in [1.807, 2.05) is 31.2 Å². The van der Waals surface area contributed by atoms with Crippen LogP contribution in [0.3, 0.4) is 0 Å². The van der Waals surface area contributed by atoms with Gasteiger partial charge in [0.1, 0.15) is 5.82 Å². The largest absolute Gasteiger partial charge is 0.306 e. The zero-order chi connectivity index (χ0) is 13.8. The standard InChI is InChI=1S/C15H14Cl2FN/c1-2-19-15(10-3-5-11(16)6-4-10)13-9-12(18)7-8-14(13)17/h3-9,15,19H,2H2,1H3. The number of hydrogen-bond donors (Lipinski definition) is 1. The number of halogens is 3.